The number of rotatable bonds is 6. The fourth-order valence-electron chi connectivity index (χ4n) is 2.77. The first-order valence-corrected chi connectivity index (χ1v) is 8.56. The van der Waals surface area contributed by atoms with Gasteiger partial charge in [0.1, 0.15) is 36.0 Å². The van der Waals surface area contributed by atoms with E-state index >= 15 is 0 Å². The topological polar surface area (TPSA) is 98.8 Å². The van der Waals surface area contributed by atoms with Gasteiger partial charge in [0.05, 0.1) is 12.8 Å². The van der Waals surface area contributed by atoms with Crippen molar-refractivity contribution in [1.29, 1.82) is 0 Å². The number of carbonyl (C=O) groups is 1. The van der Waals surface area contributed by atoms with Crippen LogP contribution in [0.4, 0.5) is 14.5 Å². The van der Waals surface area contributed by atoms with Gasteiger partial charge in [-0.1, -0.05) is 12.1 Å². The summed E-state index contributed by atoms with van der Waals surface area (Å²) in [4.78, 5) is 20.8. The Balaban J connectivity index is 1.70. The monoisotopic (exact) mass is 390 g/mol. The smallest absolute Gasteiger partial charge is 0.274 e. The molecule has 3 rings (SSSR count). The van der Waals surface area contributed by atoms with Crippen LogP contribution in [0.1, 0.15) is 23.0 Å². The summed E-state index contributed by atoms with van der Waals surface area (Å²) in [5.41, 5.74) is 6.69. The van der Waals surface area contributed by atoms with Gasteiger partial charge in [0.25, 0.3) is 12.3 Å². The van der Waals surface area contributed by atoms with E-state index in [-0.39, 0.29) is 11.4 Å². The van der Waals surface area contributed by atoms with Crippen molar-refractivity contribution in [2.75, 3.05) is 25.1 Å². The molecule has 1 aromatic carbocycles. The molecule has 0 saturated heterocycles. The van der Waals surface area contributed by atoms with Crippen LogP contribution in [0.2, 0.25) is 0 Å². The molecular formula is C19H20F2N4O3. The van der Waals surface area contributed by atoms with Crippen LogP contribution in [0.5, 0.6) is 5.75 Å². The molecule has 1 unspecified atom stereocenters. The maximum absolute atomic E-state index is 12.4. The van der Waals surface area contributed by atoms with Crippen LogP contribution in [0.15, 0.2) is 47.6 Å². The molecule has 0 saturated carbocycles. The Bertz CT molecular complexity index is 874. The SMILES string of the molecule is CC1(c2cccc(NC(=O)c3ccc(OCC(F)F)cn3)c2)COCC(N)=N1. The van der Waals surface area contributed by atoms with Crippen molar-refractivity contribution in [2.24, 2.45) is 10.7 Å². The van der Waals surface area contributed by atoms with Crippen molar-refractivity contribution in [2.45, 2.75) is 18.9 Å². The number of aromatic nitrogens is 1. The van der Waals surface area contributed by atoms with Crippen molar-refractivity contribution in [3.63, 3.8) is 0 Å². The largest absolute Gasteiger partial charge is 0.486 e. The van der Waals surface area contributed by atoms with Crippen LogP contribution < -0.4 is 15.8 Å². The number of nitrogens with zero attached hydrogens (tertiary/aromatic N) is 2. The number of hydrogen-bond acceptors (Lipinski definition) is 6. The number of nitrogens with two attached hydrogens (primary N) is 1. The lowest BCUT2D eigenvalue weighted by molar-refractivity contribution is 0.0816. The van der Waals surface area contributed by atoms with Gasteiger partial charge in [-0.3, -0.25) is 9.79 Å². The predicted molar refractivity (Wildman–Crippen MR) is 99.9 cm³/mol. The van der Waals surface area contributed by atoms with Gasteiger partial charge in [-0.25, -0.2) is 13.8 Å². The summed E-state index contributed by atoms with van der Waals surface area (Å²) in [5, 5.41) is 2.75. The highest BCUT2D eigenvalue weighted by molar-refractivity contribution is 6.02. The summed E-state index contributed by atoms with van der Waals surface area (Å²) < 4.78 is 34.6. The molecule has 0 radical (unpaired) electrons. The standard InChI is InChI=1S/C19H20F2N4O3/c1-19(11-27-10-17(22)25-19)12-3-2-4-13(7-12)24-18(26)15-6-5-14(8-23-15)28-9-16(20)21/h2-8,16H,9-11H2,1H3,(H2,22,25)(H,24,26). The van der Waals surface area contributed by atoms with E-state index in [0.29, 0.717) is 24.7 Å². The van der Waals surface area contributed by atoms with E-state index in [4.69, 9.17) is 15.2 Å². The number of alkyl halides is 2. The third-order valence-corrected chi connectivity index (χ3v) is 4.11. The van der Waals surface area contributed by atoms with E-state index in [1.807, 2.05) is 13.0 Å². The molecule has 9 heteroatoms. The molecule has 28 heavy (non-hydrogen) atoms. The Kier molecular flexibility index (Phi) is 5.84. The molecule has 1 aromatic heterocycles. The maximum atomic E-state index is 12.4. The molecule has 148 valence electrons. The molecule has 1 amide bonds. The van der Waals surface area contributed by atoms with Gasteiger partial charge < -0.3 is 20.5 Å². The zero-order chi connectivity index (χ0) is 20.1. The van der Waals surface area contributed by atoms with Crippen molar-refractivity contribution in [1.82, 2.24) is 4.98 Å². The molecule has 1 aliphatic rings. The second kappa shape index (κ2) is 8.30. The molecule has 0 aliphatic carbocycles. The highest BCUT2D eigenvalue weighted by atomic mass is 19.3. The van der Waals surface area contributed by atoms with Crippen molar-refractivity contribution < 1.29 is 23.0 Å². The van der Waals surface area contributed by atoms with Gasteiger partial charge in [0.2, 0.25) is 0 Å². The summed E-state index contributed by atoms with van der Waals surface area (Å²) in [7, 11) is 0. The summed E-state index contributed by atoms with van der Waals surface area (Å²) in [6, 6.07) is 10.0. The number of benzene rings is 1. The fraction of sp³-hybridized carbons (Fsp3) is 0.316. The predicted octanol–water partition coefficient (Wildman–Crippen LogP) is 2.58. The second-order valence-electron chi connectivity index (χ2n) is 6.49. The Morgan fingerprint density at radius 3 is 2.89 bits per heavy atom. The number of halogens is 2. The quantitative estimate of drug-likeness (QED) is 0.790. The molecule has 1 aliphatic heterocycles. The van der Waals surface area contributed by atoms with Gasteiger partial charge in [-0.05, 0) is 36.8 Å². The molecular weight excluding hydrogens is 370 g/mol. The number of amidine groups is 1. The van der Waals surface area contributed by atoms with E-state index in [1.165, 1.54) is 18.3 Å². The normalized spacial score (nSPS) is 19.2. The minimum absolute atomic E-state index is 0.129. The Morgan fingerprint density at radius 1 is 1.39 bits per heavy atom. The van der Waals surface area contributed by atoms with Crippen LogP contribution in [-0.4, -0.2) is 43.0 Å². The van der Waals surface area contributed by atoms with Crippen LogP contribution >= 0.6 is 0 Å². The summed E-state index contributed by atoms with van der Waals surface area (Å²) in [6.45, 7) is 1.86. The molecule has 2 heterocycles. The van der Waals surface area contributed by atoms with Crippen LogP contribution in [0.25, 0.3) is 0 Å². The molecule has 0 spiro atoms. The van der Waals surface area contributed by atoms with Crippen LogP contribution in [0.3, 0.4) is 0 Å². The third-order valence-electron chi connectivity index (χ3n) is 4.11. The first kappa shape index (κ1) is 19.7. The molecule has 0 bridgehead atoms. The van der Waals surface area contributed by atoms with Crippen LogP contribution in [-0.2, 0) is 10.3 Å². The van der Waals surface area contributed by atoms with Gasteiger partial charge in [-0.2, -0.15) is 0 Å². The molecule has 3 N–H and O–H groups in total. The first-order chi connectivity index (χ1) is 13.4. The lowest BCUT2D eigenvalue weighted by Crippen LogP contribution is -2.37. The average molecular weight is 390 g/mol. The van der Waals surface area contributed by atoms with Crippen molar-refractivity contribution in [3.05, 3.63) is 53.9 Å². The zero-order valence-electron chi connectivity index (χ0n) is 15.2. The number of hydrogen-bond donors (Lipinski definition) is 2. The third kappa shape index (κ3) is 4.80. The van der Waals surface area contributed by atoms with Gasteiger partial charge in [0.15, 0.2) is 0 Å². The highest BCUT2D eigenvalue weighted by Crippen LogP contribution is 2.30. The number of anilines is 1. The number of pyridine rings is 1. The Morgan fingerprint density at radius 2 is 2.21 bits per heavy atom. The zero-order valence-corrected chi connectivity index (χ0v) is 15.2. The Labute approximate surface area is 160 Å². The fourth-order valence-corrected chi connectivity index (χ4v) is 2.77. The Hall–Kier alpha value is -3.07. The lowest BCUT2D eigenvalue weighted by Gasteiger charge is -2.30. The molecule has 7 nitrogen and oxygen atoms in total. The minimum Gasteiger partial charge on any atom is -0.486 e. The van der Waals surface area contributed by atoms with E-state index in [0.717, 1.165) is 5.56 Å². The lowest BCUT2D eigenvalue weighted by atomic mass is 9.92. The van der Waals surface area contributed by atoms with Crippen LogP contribution in [0, 0.1) is 0 Å². The average Bonchev–Trinajstić information content (AvgIpc) is 2.67. The first-order valence-electron chi connectivity index (χ1n) is 8.56. The molecule has 1 atom stereocenters. The number of aliphatic imine (C=N–C) groups is 1. The van der Waals surface area contributed by atoms with E-state index in [2.05, 4.69) is 15.3 Å². The minimum atomic E-state index is -2.58. The summed E-state index contributed by atoms with van der Waals surface area (Å²) in [5.74, 6) is 0.145. The van der Waals surface area contributed by atoms with E-state index < -0.39 is 24.5 Å². The summed E-state index contributed by atoms with van der Waals surface area (Å²) >= 11 is 0. The highest BCUT2D eigenvalue weighted by Gasteiger charge is 2.30. The summed E-state index contributed by atoms with van der Waals surface area (Å²) in [6.07, 6.45) is -1.35. The molecule has 2 aromatic rings. The number of nitrogens with one attached hydrogen (secondary N) is 1. The van der Waals surface area contributed by atoms with Crippen molar-refractivity contribution in [3.8, 4) is 5.75 Å². The van der Waals surface area contributed by atoms with E-state index in [1.54, 1.807) is 18.2 Å². The molecule has 0 fully saturated rings. The van der Waals surface area contributed by atoms with Gasteiger partial charge in [-0.15, -0.1) is 0 Å². The van der Waals surface area contributed by atoms with Gasteiger partial charge in [0, 0.05) is 5.69 Å². The number of carbonyl (C=O) groups excluding carboxylic acids is 1. The number of ether oxygens (including phenoxy) is 2. The maximum Gasteiger partial charge on any atom is 0.274 e. The van der Waals surface area contributed by atoms with E-state index in [9.17, 15) is 13.6 Å². The van der Waals surface area contributed by atoms with Gasteiger partial charge >= 0.3 is 0 Å². The second-order valence-corrected chi connectivity index (χ2v) is 6.49. The van der Waals surface area contributed by atoms with Crippen molar-refractivity contribution >= 4 is 17.4 Å². The number of amides is 1.